The maximum Gasteiger partial charge on any atom is 0.269 e. The van der Waals surface area contributed by atoms with Crippen LogP contribution in [0.4, 0.5) is 11.4 Å². The number of nitro benzene ring substituents is 1. The number of hydrogen-bond donors (Lipinski definition) is 2. The molecule has 0 aliphatic rings. The van der Waals surface area contributed by atoms with Crippen LogP contribution in [0.15, 0.2) is 34.9 Å². The Hall–Kier alpha value is -2.00. The minimum absolute atomic E-state index is 0.0510. The number of aromatic nitrogens is 2. The summed E-state index contributed by atoms with van der Waals surface area (Å²) in [5.74, 6) is 0. The average molecular weight is 398 g/mol. The molecule has 0 aliphatic heterocycles. The van der Waals surface area contributed by atoms with Gasteiger partial charge in [0, 0.05) is 37.1 Å². The average Bonchev–Trinajstić information content (AvgIpc) is 2.83. The van der Waals surface area contributed by atoms with Gasteiger partial charge >= 0.3 is 0 Å². The molecule has 0 aliphatic carbocycles. The standard InChI is InChI=1S/C14H16BrN5O2S/c1-10-13(15)9-19(18-10)8-2-7-16-14(23)17-11-3-5-12(6-4-11)20(21)22/h3-6,9H,2,7-8H2,1H3,(H2,16,17,23). The van der Waals surface area contributed by atoms with Gasteiger partial charge in [-0.1, -0.05) is 0 Å². The van der Waals surface area contributed by atoms with E-state index in [4.69, 9.17) is 12.2 Å². The fraction of sp³-hybridized carbons (Fsp3) is 0.286. The molecule has 122 valence electrons. The molecule has 2 N–H and O–H groups in total. The number of benzene rings is 1. The summed E-state index contributed by atoms with van der Waals surface area (Å²) in [5, 5.41) is 21.5. The van der Waals surface area contributed by atoms with E-state index in [9.17, 15) is 10.1 Å². The zero-order chi connectivity index (χ0) is 16.8. The molecular weight excluding hydrogens is 382 g/mol. The van der Waals surface area contributed by atoms with Crippen molar-refractivity contribution in [2.24, 2.45) is 0 Å². The van der Waals surface area contributed by atoms with Gasteiger partial charge in [0.15, 0.2) is 5.11 Å². The third-order valence-electron chi connectivity index (χ3n) is 3.07. The lowest BCUT2D eigenvalue weighted by molar-refractivity contribution is -0.384. The van der Waals surface area contributed by atoms with Crippen LogP contribution in [0.3, 0.4) is 0 Å². The van der Waals surface area contributed by atoms with Crippen molar-refractivity contribution in [3.63, 3.8) is 0 Å². The lowest BCUT2D eigenvalue weighted by Crippen LogP contribution is -2.29. The first kappa shape index (κ1) is 17.4. The molecule has 7 nitrogen and oxygen atoms in total. The van der Waals surface area contributed by atoms with Crippen molar-refractivity contribution >= 4 is 44.6 Å². The molecule has 23 heavy (non-hydrogen) atoms. The van der Waals surface area contributed by atoms with Gasteiger partial charge in [-0.3, -0.25) is 14.8 Å². The van der Waals surface area contributed by atoms with Crippen molar-refractivity contribution in [2.75, 3.05) is 11.9 Å². The molecule has 0 radical (unpaired) electrons. The second kappa shape index (κ2) is 8.02. The van der Waals surface area contributed by atoms with Crippen LogP contribution in [0.5, 0.6) is 0 Å². The van der Waals surface area contributed by atoms with Gasteiger partial charge in [-0.05, 0) is 53.6 Å². The Kier molecular flexibility index (Phi) is 6.05. The predicted molar refractivity (Wildman–Crippen MR) is 96.6 cm³/mol. The van der Waals surface area contributed by atoms with E-state index in [-0.39, 0.29) is 5.69 Å². The van der Waals surface area contributed by atoms with E-state index in [0.717, 1.165) is 23.1 Å². The van der Waals surface area contributed by atoms with E-state index in [1.807, 2.05) is 17.8 Å². The lowest BCUT2D eigenvalue weighted by Gasteiger charge is -2.10. The second-order valence-electron chi connectivity index (χ2n) is 4.86. The molecule has 0 atom stereocenters. The molecule has 0 amide bonds. The summed E-state index contributed by atoms with van der Waals surface area (Å²) in [6.45, 7) is 3.44. The van der Waals surface area contributed by atoms with Gasteiger partial charge < -0.3 is 10.6 Å². The van der Waals surface area contributed by atoms with Crippen LogP contribution in [-0.2, 0) is 6.54 Å². The smallest absolute Gasteiger partial charge is 0.269 e. The minimum atomic E-state index is -0.435. The molecule has 2 aromatic rings. The fourth-order valence-electron chi connectivity index (χ4n) is 1.89. The number of halogens is 1. The lowest BCUT2D eigenvalue weighted by atomic mass is 10.3. The highest BCUT2D eigenvalue weighted by atomic mass is 79.9. The minimum Gasteiger partial charge on any atom is -0.362 e. The van der Waals surface area contributed by atoms with Crippen molar-refractivity contribution in [2.45, 2.75) is 19.9 Å². The van der Waals surface area contributed by atoms with E-state index in [0.29, 0.717) is 17.3 Å². The van der Waals surface area contributed by atoms with Crippen LogP contribution in [0.2, 0.25) is 0 Å². The molecule has 9 heteroatoms. The normalized spacial score (nSPS) is 10.3. The summed E-state index contributed by atoms with van der Waals surface area (Å²) in [5.41, 5.74) is 1.73. The third kappa shape index (κ3) is 5.29. The van der Waals surface area contributed by atoms with Gasteiger partial charge in [0.25, 0.3) is 5.69 Å². The molecule has 0 spiro atoms. The number of nitrogens with one attached hydrogen (secondary N) is 2. The van der Waals surface area contributed by atoms with Crippen LogP contribution >= 0.6 is 28.1 Å². The Morgan fingerprint density at radius 2 is 2.13 bits per heavy atom. The van der Waals surface area contributed by atoms with Crippen molar-refractivity contribution < 1.29 is 4.92 Å². The number of nitro groups is 1. The summed E-state index contributed by atoms with van der Waals surface area (Å²) in [7, 11) is 0. The molecule has 0 fully saturated rings. The Morgan fingerprint density at radius 3 is 2.70 bits per heavy atom. The van der Waals surface area contributed by atoms with E-state index < -0.39 is 4.92 Å². The summed E-state index contributed by atoms with van der Waals surface area (Å²) in [6, 6.07) is 6.11. The zero-order valence-corrected chi connectivity index (χ0v) is 14.9. The largest absolute Gasteiger partial charge is 0.362 e. The number of anilines is 1. The first-order valence-corrected chi connectivity index (χ1v) is 8.14. The van der Waals surface area contributed by atoms with E-state index in [1.54, 1.807) is 12.1 Å². The maximum atomic E-state index is 10.6. The van der Waals surface area contributed by atoms with Crippen molar-refractivity contribution in [3.05, 3.63) is 50.7 Å². The van der Waals surface area contributed by atoms with E-state index >= 15 is 0 Å². The third-order valence-corrected chi connectivity index (χ3v) is 4.10. The van der Waals surface area contributed by atoms with E-state index in [2.05, 4.69) is 31.7 Å². The van der Waals surface area contributed by atoms with Crippen LogP contribution in [0.25, 0.3) is 0 Å². The van der Waals surface area contributed by atoms with Crippen molar-refractivity contribution in [1.29, 1.82) is 0 Å². The Bertz CT molecular complexity index is 682. The molecule has 0 bridgehead atoms. The number of nitrogens with zero attached hydrogens (tertiary/aromatic N) is 3. The van der Waals surface area contributed by atoms with Crippen LogP contribution in [-0.4, -0.2) is 26.4 Å². The van der Waals surface area contributed by atoms with Crippen LogP contribution in [0.1, 0.15) is 12.1 Å². The Labute approximate surface area is 147 Å². The molecule has 1 aromatic carbocycles. The molecule has 0 saturated heterocycles. The SMILES string of the molecule is Cc1nn(CCCNC(=S)Nc2ccc([N+](=O)[O-])cc2)cc1Br. The summed E-state index contributed by atoms with van der Waals surface area (Å²) < 4.78 is 2.88. The van der Waals surface area contributed by atoms with Gasteiger partial charge in [-0.25, -0.2) is 0 Å². The van der Waals surface area contributed by atoms with Crippen LogP contribution < -0.4 is 10.6 Å². The van der Waals surface area contributed by atoms with Gasteiger partial charge in [0.1, 0.15) is 0 Å². The number of rotatable bonds is 6. The highest BCUT2D eigenvalue weighted by molar-refractivity contribution is 9.10. The molecule has 2 rings (SSSR count). The van der Waals surface area contributed by atoms with Crippen molar-refractivity contribution in [1.82, 2.24) is 15.1 Å². The van der Waals surface area contributed by atoms with Gasteiger partial charge in [0.2, 0.25) is 0 Å². The summed E-state index contributed by atoms with van der Waals surface area (Å²) in [4.78, 5) is 10.2. The number of aryl methyl sites for hydroxylation is 2. The van der Waals surface area contributed by atoms with Gasteiger partial charge in [-0.2, -0.15) is 5.10 Å². The van der Waals surface area contributed by atoms with Gasteiger partial charge in [-0.15, -0.1) is 0 Å². The zero-order valence-electron chi connectivity index (χ0n) is 12.5. The summed E-state index contributed by atoms with van der Waals surface area (Å²) in [6.07, 6.45) is 2.82. The monoisotopic (exact) mass is 397 g/mol. The number of non-ortho nitro benzene ring substituents is 1. The molecule has 1 aromatic heterocycles. The topological polar surface area (TPSA) is 85.0 Å². The van der Waals surface area contributed by atoms with Crippen LogP contribution in [0, 0.1) is 17.0 Å². The highest BCUT2D eigenvalue weighted by Crippen LogP contribution is 2.15. The fourth-order valence-corrected chi connectivity index (χ4v) is 2.43. The quantitative estimate of drug-likeness (QED) is 0.336. The van der Waals surface area contributed by atoms with Gasteiger partial charge in [0.05, 0.1) is 15.1 Å². The molecule has 1 heterocycles. The molecule has 0 unspecified atom stereocenters. The number of hydrogen-bond acceptors (Lipinski definition) is 4. The van der Waals surface area contributed by atoms with Crippen molar-refractivity contribution in [3.8, 4) is 0 Å². The summed E-state index contributed by atoms with van der Waals surface area (Å²) >= 11 is 8.62. The maximum absolute atomic E-state index is 10.6. The predicted octanol–water partition coefficient (Wildman–Crippen LogP) is 3.24. The first-order valence-electron chi connectivity index (χ1n) is 6.94. The highest BCUT2D eigenvalue weighted by Gasteiger charge is 2.05. The second-order valence-corrected chi connectivity index (χ2v) is 6.13. The first-order chi connectivity index (χ1) is 11.0. The Balaban J connectivity index is 1.71. The molecule has 0 saturated carbocycles. The number of thiocarbonyl (C=S) groups is 1. The van der Waals surface area contributed by atoms with E-state index in [1.165, 1.54) is 12.1 Å². The molecular formula is C14H16BrN5O2S. The Morgan fingerprint density at radius 1 is 1.43 bits per heavy atom.